The van der Waals surface area contributed by atoms with Crippen LogP contribution in [0.2, 0.25) is 0 Å². The van der Waals surface area contributed by atoms with Gasteiger partial charge in [0, 0.05) is 10.9 Å². The van der Waals surface area contributed by atoms with Crippen molar-refractivity contribution in [1.82, 2.24) is 10.3 Å². The molecule has 0 spiro atoms. The third-order valence-corrected chi connectivity index (χ3v) is 5.63. The van der Waals surface area contributed by atoms with Crippen molar-refractivity contribution < 1.29 is 14.0 Å². The molecule has 0 atom stereocenters. The number of nitrogen functional groups attached to an aromatic ring is 2. The lowest BCUT2D eigenvalue weighted by molar-refractivity contribution is -0.779. The molecule has 4 rings (SSSR count). The van der Waals surface area contributed by atoms with Crippen molar-refractivity contribution in [2.45, 2.75) is 19.9 Å². The van der Waals surface area contributed by atoms with Crippen LogP contribution in [0.1, 0.15) is 35.1 Å². The predicted octanol–water partition coefficient (Wildman–Crippen LogP) is 3.11. The Hall–Kier alpha value is -3.97. The Kier molecular flexibility index (Phi) is 4.81. The fourth-order valence-electron chi connectivity index (χ4n) is 3.07. The number of nitrogens with two attached hydrogens (primary N) is 2. The number of pyridine rings is 1. The van der Waals surface area contributed by atoms with Gasteiger partial charge in [-0.3, -0.25) is 14.6 Å². The summed E-state index contributed by atoms with van der Waals surface area (Å²) in [7, 11) is 0. The lowest BCUT2D eigenvalue weighted by Gasteiger charge is -2.09. The Balaban J connectivity index is 1.84. The summed E-state index contributed by atoms with van der Waals surface area (Å²) in [5.41, 5.74) is 14.2. The molecule has 30 heavy (non-hydrogen) atoms. The van der Waals surface area contributed by atoms with Crippen LogP contribution in [-0.2, 0) is 0 Å². The monoisotopic (exact) mass is 420 g/mol. The number of amides is 1. The molecule has 150 valence electrons. The highest BCUT2D eigenvalue weighted by Gasteiger charge is 2.25. The van der Waals surface area contributed by atoms with E-state index in [9.17, 15) is 10.1 Å². The van der Waals surface area contributed by atoms with Gasteiger partial charge >= 0.3 is 5.88 Å². The molecule has 1 amide bonds. The summed E-state index contributed by atoms with van der Waals surface area (Å²) >= 11 is 1.10. The average molecular weight is 420 g/mol. The van der Waals surface area contributed by atoms with Crippen molar-refractivity contribution in [3.63, 3.8) is 0 Å². The quantitative estimate of drug-likeness (QED) is 0.430. The molecule has 0 bridgehead atoms. The predicted molar refractivity (Wildman–Crippen MR) is 114 cm³/mol. The Morgan fingerprint density at radius 1 is 1.30 bits per heavy atom. The molecule has 0 aliphatic carbocycles. The van der Waals surface area contributed by atoms with Crippen LogP contribution < -0.4 is 21.5 Å². The first-order valence-corrected chi connectivity index (χ1v) is 9.88. The topological polar surface area (TPSA) is 148 Å². The summed E-state index contributed by atoms with van der Waals surface area (Å²) in [4.78, 5) is 17.9. The maximum atomic E-state index is 12.9. The number of carbonyl (C=O) groups excluding carboxylic acids is 1. The number of aromatic nitrogens is 3. The first-order chi connectivity index (χ1) is 14.4. The van der Waals surface area contributed by atoms with Crippen LogP contribution >= 0.6 is 11.3 Å². The molecular formula is C20H18N7O2S+. The Bertz CT molecular complexity index is 1300. The number of thiophene rings is 1. The molecule has 9 nitrogen and oxygen atoms in total. The van der Waals surface area contributed by atoms with E-state index in [-0.39, 0.29) is 33.9 Å². The van der Waals surface area contributed by atoms with Crippen molar-refractivity contribution in [2.24, 2.45) is 0 Å². The van der Waals surface area contributed by atoms with E-state index in [1.54, 1.807) is 10.9 Å². The number of rotatable bonds is 4. The van der Waals surface area contributed by atoms with E-state index in [0.717, 1.165) is 16.9 Å². The lowest BCUT2D eigenvalue weighted by atomic mass is 9.97. The molecule has 0 aliphatic heterocycles. The second-order valence-electron chi connectivity index (χ2n) is 6.84. The second kappa shape index (κ2) is 7.46. The molecule has 0 aliphatic rings. The van der Waals surface area contributed by atoms with Crippen molar-refractivity contribution in [3.05, 3.63) is 47.0 Å². The number of nitriles is 1. The van der Waals surface area contributed by atoms with Crippen LogP contribution in [0.5, 0.6) is 0 Å². The molecule has 10 heteroatoms. The molecule has 0 fully saturated rings. The molecule has 5 N–H and O–H groups in total. The number of nitrogens with one attached hydrogen (secondary N) is 1. The summed E-state index contributed by atoms with van der Waals surface area (Å²) in [6.07, 6.45) is 1.59. The molecule has 0 radical (unpaired) electrons. The number of nitrogens with zero attached hydrogens (tertiary/aromatic N) is 4. The SMILES string of the molecule is CC(C)[n+]1cc(NC(=O)c2sc3nc(N)c(C#N)c(-c4ccccc4)c3c2N)on1. The van der Waals surface area contributed by atoms with Crippen molar-refractivity contribution in [2.75, 3.05) is 16.8 Å². The highest BCUT2D eigenvalue weighted by molar-refractivity contribution is 7.21. The third-order valence-electron chi connectivity index (χ3n) is 4.53. The smallest absolute Gasteiger partial charge is 0.302 e. The first kappa shape index (κ1) is 19.4. The Labute approximate surface area is 175 Å². The molecule has 0 saturated carbocycles. The van der Waals surface area contributed by atoms with E-state index in [2.05, 4.69) is 21.6 Å². The van der Waals surface area contributed by atoms with Gasteiger partial charge in [0.25, 0.3) is 12.1 Å². The van der Waals surface area contributed by atoms with E-state index in [1.165, 1.54) is 0 Å². The van der Waals surface area contributed by atoms with E-state index < -0.39 is 5.91 Å². The number of fused-ring (bicyclic) bond motifs is 1. The molecular weight excluding hydrogens is 402 g/mol. The molecule has 0 unspecified atom stereocenters. The van der Waals surface area contributed by atoms with Crippen molar-refractivity contribution in [3.8, 4) is 17.2 Å². The Morgan fingerprint density at radius 3 is 2.67 bits per heavy atom. The van der Waals surface area contributed by atoms with Gasteiger partial charge in [0.15, 0.2) is 6.04 Å². The zero-order valence-corrected chi connectivity index (χ0v) is 17.0. The first-order valence-electron chi connectivity index (χ1n) is 9.07. The zero-order chi connectivity index (χ0) is 21.4. The van der Waals surface area contributed by atoms with Gasteiger partial charge in [-0.25, -0.2) is 4.98 Å². The van der Waals surface area contributed by atoms with Gasteiger partial charge in [0.05, 0.1) is 5.69 Å². The molecule has 1 aromatic carbocycles. The fraction of sp³-hybridized carbons (Fsp3) is 0.150. The van der Waals surface area contributed by atoms with Crippen LogP contribution in [0.4, 0.5) is 17.4 Å². The average Bonchev–Trinajstić information content (AvgIpc) is 3.32. The van der Waals surface area contributed by atoms with Crippen molar-refractivity contribution >= 4 is 44.9 Å². The summed E-state index contributed by atoms with van der Waals surface area (Å²) in [5, 5.41) is 16.7. The third kappa shape index (κ3) is 3.21. The number of hydrogen-bond donors (Lipinski definition) is 3. The van der Waals surface area contributed by atoms with E-state index in [1.807, 2.05) is 44.2 Å². The summed E-state index contributed by atoms with van der Waals surface area (Å²) in [6.45, 7) is 3.87. The highest BCUT2D eigenvalue weighted by atomic mass is 32.1. The van der Waals surface area contributed by atoms with Crippen LogP contribution in [0.15, 0.2) is 41.1 Å². The lowest BCUT2D eigenvalue weighted by Crippen LogP contribution is -2.36. The van der Waals surface area contributed by atoms with Gasteiger partial charge in [0.1, 0.15) is 27.2 Å². The zero-order valence-electron chi connectivity index (χ0n) is 16.2. The minimum absolute atomic E-state index is 0.0822. The van der Waals surface area contributed by atoms with Crippen LogP contribution in [0, 0.1) is 11.3 Å². The highest BCUT2D eigenvalue weighted by Crippen LogP contribution is 2.42. The van der Waals surface area contributed by atoms with Crippen LogP contribution in [0.3, 0.4) is 0 Å². The number of carbonyl (C=O) groups is 1. The molecule has 3 heterocycles. The van der Waals surface area contributed by atoms with E-state index in [0.29, 0.717) is 15.8 Å². The van der Waals surface area contributed by atoms with Gasteiger partial charge in [0.2, 0.25) is 5.27 Å². The number of anilines is 3. The van der Waals surface area contributed by atoms with E-state index in [4.69, 9.17) is 16.0 Å². The minimum Gasteiger partial charge on any atom is -0.397 e. The molecule has 3 aromatic heterocycles. The number of hydrogen-bond acceptors (Lipinski definition) is 8. The summed E-state index contributed by atoms with van der Waals surface area (Å²) in [6, 6.07) is 11.5. The minimum atomic E-state index is -0.460. The normalized spacial score (nSPS) is 11.0. The maximum Gasteiger partial charge on any atom is 0.302 e. The molecule has 0 saturated heterocycles. The summed E-state index contributed by atoms with van der Waals surface area (Å²) in [5.74, 6) is -0.178. The van der Waals surface area contributed by atoms with Gasteiger partial charge < -0.3 is 11.5 Å². The van der Waals surface area contributed by atoms with Gasteiger partial charge in [-0.05, 0) is 24.1 Å². The maximum absolute atomic E-state index is 12.9. The van der Waals surface area contributed by atoms with Gasteiger partial charge in [-0.15, -0.1) is 11.3 Å². The fourth-order valence-corrected chi connectivity index (χ4v) is 4.08. The molecule has 4 aromatic rings. The number of benzene rings is 1. The van der Waals surface area contributed by atoms with Gasteiger partial charge in [-0.2, -0.15) is 5.26 Å². The standard InChI is InChI=1S/C20H17N7O2S/c1-10(2)27-9-13(29-26-27)24-19(28)17-16(22)15-14(11-6-4-3-5-7-11)12(8-21)18(23)25-20(15)30-17/h3-7,9-10H,1-2H3,(H4-,22,23,24,25,26,28)/p+1. The summed E-state index contributed by atoms with van der Waals surface area (Å²) < 4.78 is 6.73. The van der Waals surface area contributed by atoms with Crippen LogP contribution in [0.25, 0.3) is 21.3 Å². The largest absolute Gasteiger partial charge is 0.397 e. The van der Waals surface area contributed by atoms with Crippen LogP contribution in [-0.4, -0.2) is 16.2 Å². The Morgan fingerprint density at radius 2 is 2.03 bits per heavy atom. The van der Waals surface area contributed by atoms with Gasteiger partial charge in [-0.1, -0.05) is 30.3 Å². The second-order valence-corrected chi connectivity index (χ2v) is 7.84. The van der Waals surface area contributed by atoms with Crippen molar-refractivity contribution in [1.29, 1.82) is 5.26 Å². The van der Waals surface area contributed by atoms with E-state index >= 15 is 0 Å².